The van der Waals surface area contributed by atoms with Gasteiger partial charge in [-0.3, -0.25) is 9.36 Å². The van der Waals surface area contributed by atoms with Gasteiger partial charge in [0.2, 0.25) is 0 Å². The lowest BCUT2D eigenvalue weighted by atomic mass is 10.4. The van der Waals surface area contributed by atoms with Crippen LogP contribution in [0.4, 0.5) is 0 Å². The second kappa shape index (κ2) is 5.18. The Hall–Kier alpha value is -1.83. The summed E-state index contributed by atoms with van der Waals surface area (Å²) in [6.45, 7) is 0.460. The highest BCUT2D eigenvalue weighted by Gasteiger charge is 2.09. The fraction of sp³-hybridized carbons (Fsp3) is 0.0714. The number of rotatable bonds is 3. The number of aromatic nitrogens is 3. The van der Waals surface area contributed by atoms with Crippen molar-refractivity contribution in [2.75, 3.05) is 0 Å². The predicted octanol–water partition coefficient (Wildman–Crippen LogP) is 3.69. The number of hydrogen-bond acceptors (Lipinski definition) is 6. The van der Waals surface area contributed by atoms with Crippen molar-refractivity contribution in [2.45, 2.75) is 6.54 Å². The normalized spacial score (nSPS) is 11.2. The van der Waals surface area contributed by atoms with Crippen LogP contribution in [0.3, 0.4) is 0 Å². The van der Waals surface area contributed by atoms with Gasteiger partial charge in [0.25, 0.3) is 5.56 Å². The van der Waals surface area contributed by atoms with E-state index in [4.69, 9.17) is 0 Å². The second-order valence-corrected chi connectivity index (χ2v) is 7.16. The van der Waals surface area contributed by atoms with Crippen LogP contribution in [-0.2, 0) is 6.54 Å². The molecule has 4 nitrogen and oxygen atoms in total. The standard InChI is InChI=1S/C14H9N3OS3/c18-14-12-10(3-5-20-12)15-8-17(14)6-9-7-21-13(16-9)11-2-1-4-19-11/h1-5,7-8H,6H2. The maximum atomic E-state index is 12.3. The van der Waals surface area contributed by atoms with E-state index >= 15 is 0 Å². The zero-order chi connectivity index (χ0) is 14.2. The van der Waals surface area contributed by atoms with Crippen molar-refractivity contribution in [3.05, 3.63) is 56.7 Å². The number of fused-ring (bicyclic) bond motifs is 1. The average Bonchev–Trinajstić information content (AvgIpc) is 3.21. The van der Waals surface area contributed by atoms with E-state index in [1.165, 1.54) is 11.3 Å². The molecule has 0 saturated carbocycles. The van der Waals surface area contributed by atoms with Crippen molar-refractivity contribution >= 4 is 44.2 Å². The summed E-state index contributed by atoms with van der Waals surface area (Å²) in [5.74, 6) is 0. The first kappa shape index (κ1) is 12.9. The van der Waals surface area contributed by atoms with Crippen LogP contribution in [-0.4, -0.2) is 14.5 Å². The summed E-state index contributed by atoms with van der Waals surface area (Å²) in [6, 6.07) is 5.93. The molecule has 0 aliphatic carbocycles. The van der Waals surface area contributed by atoms with Gasteiger partial charge in [-0.1, -0.05) is 6.07 Å². The molecule has 104 valence electrons. The number of thiophene rings is 2. The third kappa shape index (κ3) is 2.33. The van der Waals surface area contributed by atoms with E-state index in [2.05, 4.69) is 16.0 Å². The molecule has 21 heavy (non-hydrogen) atoms. The largest absolute Gasteiger partial charge is 0.292 e. The van der Waals surface area contributed by atoms with E-state index in [-0.39, 0.29) is 5.56 Å². The highest BCUT2D eigenvalue weighted by Crippen LogP contribution is 2.27. The molecule has 0 aliphatic rings. The predicted molar refractivity (Wildman–Crippen MR) is 88.4 cm³/mol. The third-order valence-corrected chi connectivity index (χ3v) is 5.87. The minimum absolute atomic E-state index is 0.000624. The van der Waals surface area contributed by atoms with Crippen molar-refractivity contribution in [1.29, 1.82) is 0 Å². The van der Waals surface area contributed by atoms with Crippen LogP contribution < -0.4 is 5.56 Å². The van der Waals surface area contributed by atoms with Crippen molar-refractivity contribution < 1.29 is 0 Å². The Labute approximate surface area is 132 Å². The third-order valence-electron chi connectivity index (χ3n) is 3.05. The molecule has 4 aromatic heterocycles. The first-order chi connectivity index (χ1) is 10.3. The molecular formula is C14H9N3OS3. The maximum Gasteiger partial charge on any atom is 0.271 e. The van der Waals surface area contributed by atoms with Gasteiger partial charge in [-0.25, -0.2) is 9.97 Å². The molecule has 0 fully saturated rings. The van der Waals surface area contributed by atoms with Gasteiger partial charge < -0.3 is 0 Å². The lowest BCUT2D eigenvalue weighted by molar-refractivity contribution is 0.736. The Morgan fingerprint density at radius 3 is 2.95 bits per heavy atom. The minimum Gasteiger partial charge on any atom is -0.292 e. The molecule has 4 heterocycles. The molecule has 0 atom stereocenters. The monoisotopic (exact) mass is 331 g/mol. The molecule has 4 aromatic rings. The zero-order valence-electron chi connectivity index (χ0n) is 10.7. The number of nitrogens with zero attached hydrogens (tertiary/aromatic N) is 3. The molecule has 0 aromatic carbocycles. The molecule has 4 rings (SSSR count). The Morgan fingerprint density at radius 2 is 2.10 bits per heavy atom. The molecule has 0 unspecified atom stereocenters. The second-order valence-electron chi connectivity index (χ2n) is 4.43. The van der Waals surface area contributed by atoms with Crippen molar-refractivity contribution in [3.8, 4) is 9.88 Å². The van der Waals surface area contributed by atoms with Crippen LogP contribution in [0.1, 0.15) is 5.69 Å². The number of thiazole rings is 1. The summed E-state index contributed by atoms with van der Waals surface area (Å²) < 4.78 is 2.32. The molecule has 0 spiro atoms. The first-order valence-electron chi connectivity index (χ1n) is 6.22. The van der Waals surface area contributed by atoms with Gasteiger partial charge in [-0.2, -0.15) is 0 Å². The first-order valence-corrected chi connectivity index (χ1v) is 8.86. The summed E-state index contributed by atoms with van der Waals surface area (Å²) in [7, 11) is 0. The van der Waals surface area contributed by atoms with Crippen LogP contribution in [0.5, 0.6) is 0 Å². The van der Waals surface area contributed by atoms with Crippen LogP contribution in [0, 0.1) is 0 Å². The molecule has 0 bridgehead atoms. The molecule has 0 N–H and O–H groups in total. The van der Waals surface area contributed by atoms with E-state index in [1.807, 2.05) is 28.3 Å². The van der Waals surface area contributed by atoms with E-state index in [9.17, 15) is 4.79 Å². The minimum atomic E-state index is 0.000624. The van der Waals surface area contributed by atoms with Crippen molar-refractivity contribution in [1.82, 2.24) is 14.5 Å². The average molecular weight is 331 g/mol. The smallest absolute Gasteiger partial charge is 0.271 e. The number of hydrogen-bond donors (Lipinski definition) is 0. The SMILES string of the molecule is O=c1c2sccc2ncn1Cc1csc(-c2cccs2)n1. The highest BCUT2D eigenvalue weighted by atomic mass is 32.1. The topological polar surface area (TPSA) is 47.8 Å². The van der Waals surface area contributed by atoms with Crippen molar-refractivity contribution in [3.63, 3.8) is 0 Å². The molecule has 0 amide bonds. The van der Waals surface area contributed by atoms with E-state index in [0.717, 1.165) is 21.1 Å². The molecular weight excluding hydrogens is 322 g/mol. The highest BCUT2D eigenvalue weighted by molar-refractivity contribution is 7.20. The van der Waals surface area contributed by atoms with Gasteiger partial charge >= 0.3 is 0 Å². The van der Waals surface area contributed by atoms with Gasteiger partial charge in [-0.15, -0.1) is 34.0 Å². The van der Waals surface area contributed by atoms with Crippen LogP contribution >= 0.6 is 34.0 Å². The summed E-state index contributed by atoms with van der Waals surface area (Å²) in [4.78, 5) is 22.4. The fourth-order valence-corrected chi connectivity index (χ4v) is 4.48. The summed E-state index contributed by atoms with van der Waals surface area (Å²) in [5, 5.41) is 6.93. The van der Waals surface area contributed by atoms with Gasteiger partial charge in [0.15, 0.2) is 0 Å². The fourth-order valence-electron chi connectivity index (χ4n) is 2.06. The van der Waals surface area contributed by atoms with Gasteiger partial charge in [0.05, 0.1) is 29.0 Å². The summed E-state index contributed by atoms with van der Waals surface area (Å²) in [5.41, 5.74) is 1.66. The molecule has 0 radical (unpaired) electrons. The molecule has 0 aliphatic heterocycles. The molecule has 7 heteroatoms. The van der Waals surface area contributed by atoms with E-state index in [1.54, 1.807) is 33.6 Å². The van der Waals surface area contributed by atoms with Crippen LogP contribution in [0.25, 0.3) is 20.1 Å². The maximum absolute atomic E-state index is 12.3. The zero-order valence-corrected chi connectivity index (χ0v) is 13.2. The quantitative estimate of drug-likeness (QED) is 0.575. The lowest BCUT2D eigenvalue weighted by Crippen LogP contribution is -2.20. The Balaban J connectivity index is 1.68. The van der Waals surface area contributed by atoms with Gasteiger partial charge in [-0.05, 0) is 22.9 Å². The summed E-state index contributed by atoms with van der Waals surface area (Å²) in [6.07, 6.45) is 1.60. The van der Waals surface area contributed by atoms with Crippen LogP contribution in [0.15, 0.2) is 45.5 Å². The lowest BCUT2D eigenvalue weighted by Gasteiger charge is -2.02. The van der Waals surface area contributed by atoms with Crippen molar-refractivity contribution in [2.24, 2.45) is 0 Å². The molecule has 0 saturated heterocycles. The van der Waals surface area contributed by atoms with E-state index in [0.29, 0.717) is 11.2 Å². The Kier molecular flexibility index (Phi) is 3.17. The van der Waals surface area contributed by atoms with Crippen LogP contribution in [0.2, 0.25) is 0 Å². The Bertz CT molecular complexity index is 949. The Morgan fingerprint density at radius 1 is 1.14 bits per heavy atom. The van der Waals surface area contributed by atoms with Gasteiger partial charge in [0.1, 0.15) is 9.71 Å². The van der Waals surface area contributed by atoms with Gasteiger partial charge in [0, 0.05) is 5.38 Å². The van der Waals surface area contributed by atoms with E-state index < -0.39 is 0 Å². The summed E-state index contributed by atoms with van der Waals surface area (Å²) >= 11 is 4.70.